The third-order valence-electron chi connectivity index (χ3n) is 17.0. The van der Waals surface area contributed by atoms with Crippen LogP contribution in [0, 0.1) is 187 Å². The Kier molecular flexibility index (Phi) is 50.7. The standard InChI is InChI=1S/11C6H9N3O3/c11*1-5-7-4-6(9(11)12)8(5)2-3-10/h11*4,10H,2-3H2,1H3. The van der Waals surface area contributed by atoms with Gasteiger partial charge in [0.05, 0.1) is 72.7 Å². The highest BCUT2D eigenvalue weighted by atomic mass is 16.7. The SMILES string of the molecule is Cc1ncc([N+](=O)[O-])n1CCO.Cc1ncc([N+](=O)[O-])n1CCO.Cc1ncc([N+](=O)[O-])n1CCO.Cc1ncc([N+](=O)[O-])n1CCO.Cc1ncc([N+](=O)[O-])n1CCO.Cc1ncc([N+](=O)[O-])n1CCO.Cc1ncc([N+](=O)[O-])n1CCO.Cc1ncc([N+](=O)[O-])n1CCO.Cc1ncc([N+](=O)[O-])n1CCO.Cc1ncc([N+](=O)[O-])n1CCO.Cc1ncc([N+](=O)[O-])n1CCO. The van der Waals surface area contributed by atoms with Crippen LogP contribution in [0.5, 0.6) is 0 Å². The minimum atomic E-state index is -0.518. The molecule has 0 radical (unpaired) electrons. The highest BCUT2D eigenvalue weighted by Crippen LogP contribution is 2.21. The van der Waals surface area contributed by atoms with Gasteiger partial charge in [-0.1, -0.05) is 0 Å². The van der Waals surface area contributed by atoms with E-state index in [0.717, 1.165) is 0 Å². The van der Waals surface area contributed by atoms with Crippen LogP contribution in [0.2, 0.25) is 0 Å². The van der Waals surface area contributed by atoms with E-state index in [0.29, 0.717) is 64.1 Å². The summed E-state index contributed by atoms with van der Waals surface area (Å²) in [7, 11) is 0. The molecule has 0 saturated heterocycles. The molecule has 11 aromatic heterocycles. The van der Waals surface area contributed by atoms with Crippen LogP contribution in [0.4, 0.5) is 64.0 Å². The van der Waals surface area contributed by atoms with Crippen LogP contribution in [-0.4, -0.2) is 288 Å². The molecule has 0 atom stereocenters. The predicted octanol–water partition coefficient (Wildman–Crippen LogP) is 1.01. The molecule has 11 aromatic rings. The Morgan fingerprint density at radius 3 is 0.273 bits per heavy atom. The summed E-state index contributed by atoms with van der Waals surface area (Å²) in [6.45, 7) is 19.1. The fraction of sp³-hybridized carbons (Fsp3) is 0.500. The van der Waals surface area contributed by atoms with E-state index in [1.807, 2.05) is 0 Å². The maximum atomic E-state index is 10.4. The Hall–Kier alpha value is -15.7. The van der Waals surface area contributed by atoms with Gasteiger partial charge in [-0.2, -0.15) is 0 Å². The summed E-state index contributed by atoms with van der Waals surface area (Å²) in [4.78, 5) is 150. The number of hydrogen-bond donors (Lipinski definition) is 11. The van der Waals surface area contributed by atoms with E-state index in [1.165, 1.54) is 118 Å². The first-order valence-electron chi connectivity index (χ1n) is 37.8. The monoisotopic (exact) mass is 1880 g/mol. The number of aliphatic hydroxyl groups excluding tert-OH is 11. The number of aromatic nitrogens is 22. The fourth-order valence-corrected chi connectivity index (χ4v) is 10.8. The average Bonchev–Trinajstić information content (AvgIpc) is 1.81. The molecule has 0 aromatic carbocycles. The third-order valence-corrected chi connectivity index (χ3v) is 17.0. The summed E-state index contributed by atoms with van der Waals surface area (Å²) in [6, 6.07) is 0. The molecule has 66 heteroatoms. The highest BCUT2D eigenvalue weighted by molar-refractivity contribution is 5.25. The Balaban J connectivity index is 0.000000726. The molecule has 0 spiro atoms. The van der Waals surface area contributed by atoms with Crippen molar-refractivity contribution in [2.24, 2.45) is 0 Å². The second kappa shape index (κ2) is 58.6. The van der Waals surface area contributed by atoms with E-state index >= 15 is 0 Å². The molecular weight excluding hydrogens is 1780 g/mol. The first-order chi connectivity index (χ1) is 62.3. The molecule has 11 heterocycles. The first kappa shape index (κ1) is 114. The van der Waals surface area contributed by atoms with E-state index in [4.69, 9.17) is 56.2 Å². The van der Waals surface area contributed by atoms with Crippen molar-refractivity contribution in [2.45, 2.75) is 148 Å². The lowest BCUT2D eigenvalue weighted by molar-refractivity contribution is -0.392. The van der Waals surface area contributed by atoms with E-state index in [1.54, 1.807) is 76.2 Å². The number of hydrogen-bond acceptors (Lipinski definition) is 44. The third kappa shape index (κ3) is 35.1. The van der Waals surface area contributed by atoms with Crippen LogP contribution in [0.15, 0.2) is 68.2 Å². The summed E-state index contributed by atoms with van der Waals surface area (Å²) < 4.78 is 15.0. The number of aliphatic hydroxyl groups is 11. The van der Waals surface area contributed by atoms with Gasteiger partial charge < -0.3 is 167 Å². The number of nitrogens with zero attached hydrogens (tertiary/aromatic N) is 33. The molecule has 0 saturated carbocycles. The zero-order chi connectivity index (χ0) is 101. The molecule has 0 amide bonds. The van der Waals surface area contributed by atoms with Crippen molar-refractivity contribution in [1.82, 2.24) is 105 Å². The van der Waals surface area contributed by atoms with Crippen LogP contribution in [0.3, 0.4) is 0 Å². The van der Waals surface area contributed by atoms with Crippen LogP contribution >= 0.6 is 0 Å². The van der Waals surface area contributed by atoms with E-state index in [2.05, 4.69) is 54.8 Å². The van der Waals surface area contributed by atoms with Crippen LogP contribution in [0.1, 0.15) is 64.1 Å². The molecule has 11 N–H and O–H groups in total. The quantitative estimate of drug-likeness (QED) is 0.0202. The normalized spacial score (nSPS) is 10.2. The lowest BCUT2D eigenvalue weighted by Gasteiger charge is -1.98. The Morgan fingerprint density at radius 1 is 0.167 bits per heavy atom. The van der Waals surface area contributed by atoms with E-state index in [-0.39, 0.29) is 209 Å². The molecule has 11 rings (SSSR count). The molecule has 726 valence electrons. The Labute approximate surface area is 741 Å². The smallest absolute Gasteiger partial charge is 0.342 e. The maximum absolute atomic E-state index is 10.4. The summed E-state index contributed by atoms with van der Waals surface area (Å²) in [5.74, 6) is 5.01. The summed E-state index contributed by atoms with van der Waals surface area (Å²) in [6.07, 6.45) is 13.0. The van der Waals surface area contributed by atoms with Crippen molar-refractivity contribution in [3.8, 4) is 0 Å². The zero-order valence-electron chi connectivity index (χ0n) is 72.6. The molecule has 0 unspecified atom stereocenters. The van der Waals surface area contributed by atoms with Crippen molar-refractivity contribution in [2.75, 3.05) is 72.7 Å². The first-order valence-corrected chi connectivity index (χ1v) is 37.8. The van der Waals surface area contributed by atoms with E-state index in [9.17, 15) is 111 Å². The lowest BCUT2D eigenvalue weighted by Crippen LogP contribution is -2.07. The number of imidazole rings is 11. The average molecular weight is 1880 g/mol. The lowest BCUT2D eigenvalue weighted by atomic mass is 10.6. The molecule has 0 aliphatic carbocycles. The summed E-state index contributed by atoms with van der Waals surface area (Å²) in [5.41, 5.74) is 0. The molecule has 0 aliphatic rings. The fourth-order valence-electron chi connectivity index (χ4n) is 10.8. The van der Waals surface area contributed by atoms with Crippen LogP contribution in [-0.2, 0) is 72.0 Å². The maximum Gasteiger partial charge on any atom is 0.342 e. The summed E-state index contributed by atoms with van der Waals surface area (Å²) >= 11 is 0. The van der Waals surface area contributed by atoms with E-state index < -0.39 is 54.2 Å². The number of rotatable bonds is 33. The van der Waals surface area contributed by atoms with Gasteiger partial charge in [-0.3, -0.25) is 0 Å². The predicted molar refractivity (Wildman–Crippen MR) is 448 cm³/mol. The van der Waals surface area contributed by atoms with Crippen molar-refractivity contribution in [3.63, 3.8) is 0 Å². The number of nitro groups is 11. The van der Waals surface area contributed by atoms with Gasteiger partial charge in [-0.25, -0.2) is 105 Å². The van der Waals surface area contributed by atoms with Crippen LogP contribution in [0.25, 0.3) is 0 Å². The van der Waals surface area contributed by atoms with Gasteiger partial charge in [0.1, 0.15) is 140 Å². The van der Waals surface area contributed by atoms with Gasteiger partial charge >= 0.3 is 64.0 Å². The van der Waals surface area contributed by atoms with Gasteiger partial charge in [0, 0.05) is 76.2 Å². The summed E-state index contributed by atoms with van der Waals surface area (Å²) in [5, 5.41) is 209. The van der Waals surface area contributed by atoms with Crippen molar-refractivity contribution in [3.05, 3.63) is 243 Å². The molecule has 132 heavy (non-hydrogen) atoms. The van der Waals surface area contributed by atoms with Crippen molar-refractivity contribution >= 4 is 64.0 Å². The molecular formula is C66H99N33O33. The Morgan fingerprint density at radius 2 is 0.227 bits per heavy atom. The van der Waals surface area contributed by atoms with Gasteiger partial charge in [0.2, 0.25) is 0 Å². The second-order valence-electron chi connectivity index (χ2n) is 25.3. The van der Waals surface area contributed by atoms with Gasteiger partial charge in [0.25, 0.3) is 0 Å². The minimum Gasteiger partial charge on any atom is -0.392 e. The van der Waals surface area contributed by atoms with Gasteiger partial charge in [0.15, 0.2) is 64.1 Å². The van der Waals surface area contributed by atoms with Gasteiger partial charge in [-0.15, -0.1) is 0 Å². The molecule has 0 bridgehead atoms. The topological polar surface area (TPSA) is 893 Å². The highest BCUT2D eigenvalue weighted by Gasteiger charge is 2.25. The largest absolute Gasteiger partial charge is 0.392 e. The van der Waals surface area contributed by atoms with Crippen molar-refractivity contribution < 1.29 is 110 Å². The molecule has 0 aliphatic heterocycles. The minimum absolute atomic E-state index is 0.0819. The molecule has 66 nitrogen and oxygen atoms in total. The molecule has 0 fully saturated rings. The van der Waals surface area contributed by atoms with Crippen molar-refractivity contribution in [1.29, 1.82) is 0 Å². The Bertz CT molecular complexity index is 4380. The van der Waals surface area contributed by atoms with Crippen LogP contribution < -0.4 is 0 Å². The zero-order valence-corrected chi connectivity index (χ0v) is 72.6. The van der Waals surface area contributed by atoms with Gasteiger partial charge in [-0.05, 0) is 54.2 Å². The number of aryl methyl sites for hydroxylation is 11. The second-order valence-corrected chi connectivity index (χ2v) is 25.3.